The Morgan fingerprint density at radius 3 is 2.52 bits per heavy atom. The van der Waals surface area contributed by atoms with Gasteiger partial charge in [-0.1, -0.05) is 0 Å². The molecule has 0 unspecified atom stereocenters. The Labute approximate surface area is 130 Å². The number of carbonyl (C=O) groups is 2. The molecule has 0 bridgehead atoms. The number of pyridine rings is 1. The minimum atomic E-state index is -2.91. The van der Waals surface area contributed by atoms with E-state index in [1.807, 2.05) is 0 Å². The van der Waals surface area contributed by atoms with Crippen LogP contribution in [0.1, 0.15) is 10.4 Å². The van der Waals surface area contributed by atoms with Gasteiger partial charge in [-0.05, 0) is 36.4 Å². The molecule has 0 aliphatic rings. The summed E-state index contributed by atoms with van der Waals surface area (Å²) in [7, 11) is 0. The molecule has 2 aromatic rings. The Bertz CT molecular complexity index is 663. The molecule has 0 saturated heterocycles. The fourth-order valence-electron chi connectivity index (χ4n) is 1.61. The van der Waals surface area contributed by atoms with Gasteiger partial charge in [0, 0.05) is 18.1 Å². The van der Waals surface area contributed by atoms with Crippen LogP contribution >= 0.6 is 0 Å². The van der Waals surface area contributed by atoms with Crippen LogP contribution in [0.4, 0.5) is 14.5 Å². The number of benzene rings is 1. The van der Waals surface area contributed by atoms with E-state index in [1.54, 1.807) is 6.07 Å². The fourth-order valence-corrected chi connectivity index (χ4v) is 1.61. The predicted octanol–water partition coefficient (Wildman–Crippen LogP) is 2.48. The number of nitrogens with one attached hydrogen (secondary N) is 1. The van der Waals surface area contributed by atoms with Gasteiger partial charge in [0.15, 0.2) is 6.61 Å². The van der Waals surface area contributed by atoms with Gasteiger partial charge in [0.05, 0.1) is 5.56 Å². The molecule has 0 radical (unpaired) electrons. The van der Waals surface area contributed by atoms with E-state index in [9.17, 15) is 18.4 Å². The second-order valence-corrected chi connectivity index (χ2v) is 4.27. The normalized spacial score (nSPS) is 10.2. The van der Waals surface area contributed by atoms with Crippen LogP contribution in [0.15, 0.2) is 48.8 Å². The molecule has 0 saturated carbocycles. The molecule has 8 heteroatoms. The molecule has 0 spiro atoms. The summed E-state index contributed by atoms with van der Waals surface area (Å²) in [6.07, 6.45) is 2.83. The average molecular weight is 322 g/mol. The molecule has 120 valence electrons. The average Bonchev–Trinajstić information content (AvgIpc) is 2.55. The Morgan fingerprint density at radius 2 is 1.91 bits per heavy atom. The van der Waals surface area contributed by atoms with Gasteiger partial charge in [-0.3, -0.25) is 9.78 Å². The van der Waals surface area contributed by atoms with Gasteiger partial charge in [-0.15, -0.1) is 0 Å². The second kappa shape index (κ2) is 7.83. The van der Waals surface area contributed by atoms with Crippen molar-refractivity contribution < 1.29 is 27.8 Å². The third kappa shape index (κ3) is 5.34. The van der Waals surface area contributed by atoms with E-state index in [0.29, 0.717) is 5.69 Å². The van der Waals surface area contributed by atoms with E-state index in [0.717, 1.165) is 0 Å². The van der Waals surface area contributed by atoms with Crippen molar-refractivity contribution in [3.63, 3.8) is 0 Å². The first-order valence-electron chi connectivity index (χ1n) is 6.46. The van der Waals surface area contributed by atoms with Gasteiger partial charge in [0.25, 0.3) is 5.91 Å². The van der Waals surface area contributed by atoms with E-state index in [-0.39, 0.29) is 11.3 Å². The highest BCUT2D eigenvalue weighted by Crippen LogP contribution is 2.17. The van der Waals surface area contributed by atoms with Crippen molar-refractivity contribution in [2.45, 2.75) is 6.61 Å². The zero-order valence-electron chi connectivity index (χ0n) is 11.7. The maximum absolute atomic E-state index is 12.0. The Hall–Kier alpha value is -3.03. The van der Waals surface area contributed by atoms with Crippen LogP contribution in [0, 0.1) is 0 Å². The Morgan fingerprint density at radius 1 is 1.17 bits per heavy atom. The standard InChI is InChI=1S/C15H12F2N2O4/c16-15(17)23-12-5-3-11(4-6-12)19-13(20)9-22-14(21)10-2-1-7-18-8-10/h1-8,15H,9H2,(H,19,20). The van der Waals surface area contributed by atoms with Crippen LogP contribution in [0.25, 0.3) is 0 Å². The number of hydrogen-bond donors (Lipinski definition) is 1. The second-order valence-electron chi connectivity index (χ2n) is 4.27. The molecule has 0 atom stereocenters. The number of esters is 1. The lowest BCUT2D eigenvalue weighted by atomic mass is 10.3. The van der Waals surface area contributed by atoms with Gasteiger partial charge in [-0.2, -0.15) is 8.78 Å². The number of ether oxygens (including phenoxy) is 2. The topological polar surface area (TPSA) is 77.5 Å². The quantitative estimate of drug-likeness (QED) is 0.827. The third-order valence-corrected chi connectivity index (χ3v) is 2.59. The lowest BCUT2D eigenvalue weighted by Crippen LogP contribution is -2.20. The molecule has 1 amide bonds. The molecule has 0 aliphatic heterocycles. The third-order valence-electron chi connectivity index (χ3n) is 2.59. The molecular formula is C15H12F2N2O4. The van der Waals surface area contributed by atoms with Crippen LogP contribution in [-0.2, 0) is 9.53 Å². The van der Waals surface area contributed by atoms with Crippen molar-refractivity contribution >= 4 is 17.6 Å². The van der Waals surface area contributed by atoms with Crippen LogP contribution in [0.3, 0.4) is 0 Å². The number of halogens is 2. The zero-order valence-corrected chi connectivity index (χ0v) is 11.7. The highest BCUT2D eigenvalue weighted by molar-refractivity contribution is 5.95. The molecule has 1 N–H and O–H groups in total. The number of amides is 1. The van der Waals surface area contributed by atoms with Gasteiger partial charge in [0.1, 0.15) is 5.75 Å². The minimum Gasteiger partial charge on any atom is -0.452 e. The van der Waals surface area contributed by atoms with Gasteiger partial charge >= 0.3 is 12.6 Å². The molecule has 1 aromatic carbocycles. The lowest BCUT2D eigenvalue weighted by molar-refractivity contribution is -0.119. The number of rotatable bonds is 6. The molecule has 6 nitrogen and oxygen atoms in total. The van der Waals surface area contributed by atoms with Crippen molar-refractivity contribution in [3.05, 3.63) is 54.4 Å². The van der Waals surface area contributed by atoms with Crippen molar-refractivity contribution in [2.24, 2.45) is 0 Å². The highest BCUT2D eigenvalue weighted by atomic mass is 19.3. The van der Waals surface area contributed by atoms with E-state index >= 15 is 0 Å². The molecule has 23 heavy (non-hydrogen) atoms. The molecule has 1 heterocycles. The summed E-state index contributed by atoms with van der Waals surface area (Å²) < 4.78 is 33.0. The molecule has 0 fully saturated rings. The van der Waals surface area contributed by atoms with Crippen molar-refractivity contribution in [1.29, 1.82) is 0 Å². The number of hydrogen-bond acceptors (Lipinski definition) is 5. The summed E-state index contributed by atoms with van der Waals surface area (Å²) in [5.74, 6) is -1.26. The predicted molar refractivity (Wildman–Crippen MR) is 76.2 cm³/mol. The summed E-state index contributed by atoms with van der Waals surface area (Å²) in [5, 5.41) is 2.45. The molecule has 0 aliphatic carbocycles. The largest absolute Gasteiger partial charge is 0.452 e. The summed E-state index contributed by atoms with van der Waals surface area (Å²) in [5.41, 5.74) is 0.586. The van der Waals surface area contributed by atoms with E-state index in [4.69, 9.17) is 4.74 Å². The van der Waals surface area contributed by atoms with Gasteiger partial charge in [0.2, 0.25) is 0 Å². The molecule has 2 rings (SSSR count). The number of aromatic nitrogens is 1. The number of anilines is 1. The Balaban J connectivity index is 1.81. The van der Waals surface area contributed by atoms with Crippen LogP contribution < -0.4 is 10.1 Å². The lowest BCUT2D eigenvalue weighted by Gasteiger charge is -2.08. The number of alkyl halides is 2. The molecule has 1 aromatic heterocycles. The van der Waals surface area contributed by atoms with Gasteiger partial charge in [-0.25, -0.2) is 4.79 Å². The van der Waals surface area contributed by atoms with Crippen LogP contribution in [-0.4, -0.2) is 30.1 Å². The maximum Gasteiger partial charge on any atom is 0.387 e. The number of nitrogens with zero attached hydrogens (tertiary/aromatic N) is 1. The van der Waals surface area contributed by atoms with E-state index in [2.05, 4.69) is 15.0 Å². The Kier molecular flexibility index (Phi) is 5.56. The maximum atomic E-state index is 12.0. The summed E-state index contributed by atoms with van der Waals surface area (Å²) in [6, 6.07) is 8.42. The minimum absolute atomic E-state index is 0.0268. The van der Waals surface area contributed by atoms with Crippen LogP contribution in [0.2, 0.25) is 0 Å². The van der Waals surface area contributed by atoms with Crippen LogP contribution in [0.5, 0.6) is 5.75 Å². The highest BCUT2D eigenvalue weighted by Gasteiger charge is 2.10. The zero-order chi connectivity index (χ0) is 16.7. The van der Waals surface area contributed by atoms with Crippen molar-refractivity contribution in [3.8, 4) is 5.75 Å². The van der Waals surface area contributed by atoms with Gasteiger partial charge < -0.3 is 14.8 Å². The fraction of sp³-hybridized carbons (Fsp3) is 0.133. The summed E-state index contributed by atoms with van der Waals surface area (Å²) >= 11 is 0. The molecular weight excluding hydrogens is 310 g/mol. The first-order chi connectivity index (χ1) is 11.0. The first-order valence-corrected chi connectivity index (χ1v) is 6.46. The smallest absolute Gasteiger partial charge is 0.387 e. The summed E-state index contributed by atoms with van der Waals surface area (Å²) in [6.45, 7) is -3.40. The van der Waals surface area contributed by atoms with E-state index in [1.165, 1.54) is 42.7 Å². The van der Waals surface area contributed by atoms with E-state index < -0.39 is 25.1 Å². The van der Waals surface area contributed by atoms with Crippen molar-refractivity contribution in [1.82, 2.24) is 4.98 Å². The first kappa shape index (κ1) is 16.3. The SMILES string of the molecule is O=C(COC(=O)c1cccnc1)Nc1ccc(OC(F)F)cc1. The van der Waals surface area contributed by atoms with Crippen molar-refractivity contribution in [2.75, 3.05) is 11.9 Å². The number of carbonyl (C=O) groups excluding carboxylic acids is 2. The monoisotopic (exact) mass is 322 g/mol. The summed E-state index contributed by atoms with van der Waals surface area (Å²) in [4.78, 5) is 27.0.